The van der Waals surface area contributed by atoms with Gasteiger partial charge in [0.2, 0.25) is 5.91 Å². The van der Waals surface area contributed by atoms with Crippen LogP contribution in [-0.2, 0) is 11.8 Å². The molecule has 1 aromatic heterocycles. The summed E-state index contributed by atoms with van der Waals surface area (Å²) >= 11 is 0. The Morgan fingerprint density at radius 3 is 3.06 bits per heavy atom. The van der Waals surface area contributed by atoms with Crippen molar-refractivity contribution in [2.24, 2.45) is 18.7 Å². The van der Waals surface area contributed by atoms with Gasteiger partial charge in [-0.3, -0.25) is 9.48 Å². The minimum atomic E-state index is 0.0149. The molecule has 1 aliphatic carbocycles. The summed E-state index contributed by atoms with van der Waals surface area (Å²) in [7, 11) is 1.82. The summed E-state index contributed by atoms with van der Waals surface area (Å²) in [6.07, 6.45) is 5.57. The van der Waals surface area contributed by atoms with E-state index in [-0.39, 0.29) is 11.9 Å². The summed E-state index contributed by atoms with van der Waals surface area (Å²) < 4.78 is 1.66. The van der Waals surface area contributed by atoms with Gasteiger partial charge in [0.15, 0.2) is 5.82 Å². The van der Waals surface area contributed by atoms with Gasteiger partial charge in [-0.1, -0.05) is 6.42 Å². The molecule has 1 aliphatic rings. The molecule has 16 heavy (non-hydrogen) atoms. The molecule has 3 N–H and O–H groups in total. The van der Waals surface area contributed by atoms with Gasteiger partial charge in [-0.2, -0.15) is 5.10 Å². The van der Waals surface area contributed by atoms with Crippen molar-refractivity contribution < 1.29 is 4.79 Å². The number of nitrogens with zero attached hydrogens (tertiary/aromatic N) is 2. The van der Waals surface area contributed by atoms with E-state index >= 15 is 0 Å². The Labute approximate surface area is 95.0 Å². The number of carbonyl (C=O) groups excluding carboxylic acids is 1. The van der Waals surface area contributed by atoms with Crippen molar-refractivity contribution in [3.63, 3.8) is 0 Å². The highest BCUT2D eigenvalue weighted by atomic mass is 16.1. The highest BCUT2D eigenvalue weighted by Crippen LogP contribution is 2.26. The minimum Gasteiger partial charge on any atom is -0.327 e. The fourth-order valence-electron chi connectivity index (χ4n) is 2.23. The van der Waals surface area contributed by atoms with E-state index in [1.54, 1.807) is 16.9 Å². The Balaban J connectivity index is 1.84. The number of carbonyl (C=O) groups is 1. The number of amides is 1. The van der Waals surface area contributed by atoms with Crippen LogP contribution in [0.2, 0.25) is 0 Å². The molecular formula is C11H18N4O. The summed E-state index contributed by atoms with van der Waals surface area (Å²) in [5, 5.41) is 6.88. The molecule has 88 valence electrons. The highest BCUT2D eigenvalue weighted by molar-refractivity contribution is 5.89. The third-order valence-corrected chi connectivity index (χ3v) is 3.15. The molecule has 0 radical (unpaired) electrons. The second kappa shape index (κ2) is 4.65. The smallest absolute Gasteiger partial charge is 0.225 e. The monoisotopic (exact) mass is 222 g/mol. The van der Waals surface area contributed by atoms with E-state index < -0.39 is 0 Å². The van der Waals surface area contributed by atoms with E-state index in [4.69, 9.17) is 5.73 Å². The van der Waals surface area contributed by atoms with E-state index in [1.165, 1.54) is 0 Å². The number of aryl methyl sites for hydroxylation is 1. The second-order valence-electron chi connectivity index (χ2n) is 4.48. The van der Waals surface area contributed by atoms with E-state index in [0.717, 1.165) is 19.3 Å². The first-order valence-electron chi connectivity index (χ1n) is 5.70. The molecule has 1 amide bonds. The lowest BCUT2D eigenvalue weighted by Gasteiger charge is -2.13. The van der Waals surface area contributed by atoms with Crippen LogP contribution in [0.3, 0.4) is 0 Å². The van der Waals surface area contributed by atoms with Gasteiger partial charge in [-0.25, -0.2) is 0 Å². The van der Waals surface area contributed by atoms with Gasteiger partial charge in [0.05, 0.1) is 0 Å². The molecule has 2 rings (SSSR count). The Kier molecular flexibility index (Phi) is 3.24. The lowest BCUT2D eigenvalue weighted by Crippen LogP contribution is -2.28. The fourth-order valence-corrected chi connectivity index (χ4v) is 2.23. The highest BCUT2D eigenvalue weighted by Gasteiger charge is 2.26. The predicted octanol–water partition coefficient (Wildman–Crippen LogP) is 0.876. The Morgan fingerprint density at radius 2 is 2.50 bits per heavy atom. The topological polar surface area (TPSA) is 72.9 Å². The van der Waals surface area contributed by atoms with E-state index in [9.17, 15) is 4.79 Å². The molecule has 0 bridgehead atoms. The molecule has 1 heterocycles. The molecule has 1 saturated carbocycles. The molecule has 1 fully saturated rings. The third-order valence-electron chi connectivity index (χ3n) is 3.15. The summed E-state index contributed by atoms with van der Waals surface area (Å²) in [5.74, 6) is 0.962. The van der Waals surface area contributed by atoms with Gasteiger partial charge in [-0.05, 0) is 18.8 Å². The fraction of sp³-hybridized carbons (Fsp3) is 0.636. The number of hydrogen-bond donors (Lipinski definition) is 2. The van der Waals surface area contributed by atoms with Gasteiger partial charge >= 0.3 is 0 Å². The van der Waals surface area contributed by atoms with Crippen molar-refractivity contribution in [3.05, 3.63) is 12.3 Å². The van der Waals surface area contributed by atoms with E-state index in [0.29, 0.717) is 18.2 Å². The summed E-state index contributed by atoms with van der Waals surface area (Å²) in [6.45, 7) is 0. The molecule has 0 saturated heterocycles. The van der Waals surface area contributed by atoms with E-state index in [1.807, 2.05) is 7.05 Å². The Hall–Kier alpha value is -1.36. The normalized spacial score (nSPS) is 24.6. The maximum absolute atomic E-state index is 11.7. The number of hydrogen-bond acceptors (Lipinski definition) is 3. The lowest BCUT2D eigenvalue weighted by molar-refractivity contribution is -0.117. The largest absolute Gasteiger partial charge is 0.327 e. The second-order valence-corrected chi connectivity index (χ2v) is 4.48. The van der Waals surface area contributed by atoms with Crippen LogP contribution in [-0.4, -0.2) is 21.7 Å². The first kappa shape index (κ1) is 11.1. The quantitative estimate of drug-likeness (QED) is 0.797. The van der Waals surface area contributed by atoms with Crippen molar-refractivity contribution in [2.75, 3.05) is 5.32 Å². The van der Waals surface area contributed by atoms with Crippen LogP contribution < -0.4 is 11.1 Å². The SMILES string of the molecule is Cn1ccc(NC(=O)C[C@@H]2CCC[C@H]2N)n1. The van der Waals surface area contributed by atoms with Crippen molar-refractivity contribution >= 4 is 11.7 Å². The molecule has 5 heteroatoms. The maximum Gasteiger partial charge on any atom is 0.225 e. The number of anilines is 1. The Bertz CT molecular complexity index is 374. The summed E-state index contributed by atoms with van der Waals surface area (Å²) in [6, 6.07) is 1.97. The molecule has 0 unspecified atom stereocenters. The van der Waals surface area contributed by atoms with Crippen LogP contribution in [0.15, 0.2) is 12.3 Å². The van der Waals surface area contributed by atoms with Crippen LogP contribution in [0.25, 0.3) is 0 Å². The molecule has 0 spiro atoms. The van der Waals surface area contributed by atoms with Crippen LogP contribution in [0, 0.1) is 5.92 Å². The van der Waals surface area contributed by atoms with Crippen LogP contribution in [0.4, 0.5) is 5.82 Å². The van der Waals surface area contributed by atoms with Gasteiger partial charge in [0.25, 0.3) is 0 Å². The van der Waals surface area contributed by atoms with Crippen molar-refractivity contribution in [3.8, 4) is 0 Å². The van der Waals surface area contributed by atoms with Crippen molar-refractivity contribution in [1.29, 1.82) is 0 Å². The molecule has 2 atom stereocenters. The van der Waals surface area contributed by atoms with Gasteiger partial charge in [0.1, 0.15) is 0 Å². The number of nitrogens with two attached hydrogens (primary N) is 1. The zero-order valence-corrected chi connectivity index (χ0v) is 9.52. The average molecular weight is 222 g/mol. The molecule has 0 aromatic carbocycles. The van der Waals surface area contributed by atoms with E-state index in [2.05, 4.69) is 10.4 Å². The third kappa shape index (κ3) is 2.61. The summed E-state index contributed by atoms with van der Waals surface area (Å²) in [4.78, 5) is 11.7. The van der Waals surface area contributed by atoms with Crippen LogP contribution in [0.5, 0.6) is 0 Å². The standard InChI is InChI=1S/C11H18N4O/c1-15-6-5-10(14-15)13-11(16)7-8-3-2-4-9(8)12/h5-6,8-9H,2-4,7,12H2,1H3,(H,13,14,16)/t8-,9+/m0/s1. The molecule has 1 aromatic rings. The molecular weight excluding hydrogens is 204 g/mol. The lowest BCUT2D eigenvalue weighted by atomic mass is 10.00. The van der Waals surface area contributed by atoms with Crippen molar-refractivity contribution in [1.82, 2.24) is 9.78 Å². The zero-order chi connectivity index (χ0) is 11.5. The maximum atomic E-state index is 11.7. The van der Waals surface area contributed by atoms with Crippen molar-refractivity contribution in [2.45, 2.75) is 31.7 Å². The predicted molar refractivity (Wildman–Crippen MR) is 61.8 cm³/mol. The molecule has 5 nitrogen and oxygen atoms in total. The Morgan fingerprint density at radius 1 is 1.69 bits per heavy atom. The number of nitrogens with one attached hydrogen (secondary N) is 1. The van der Waals surface area contributed by atoms with Gasteiger partial charge in [-0.15, -0.1) is 0 Å². The first-order valence-corrected chi connectivity index (χ1v) is 5.70. The first-order chi connectivity index (χ1) is 7.65. The minimum absolute atomic E-state index is 0.0149. The number of rotatable bonds is 3. The van der Waals surface area contributed by atoms with Gasteiger partial charge < -0.3 is 11.1 Å². The zero-order valence-electron chi connectivity index (χ0n) is 9.52. The van der Waals surface area contributed by atoms with Gasteiger partial charge in [0, 0.05) is 31.8 Å². The average Bonchev–Trinajstić information content (AvgIpc) is 2.77. The van der Waals surface area contributed by atoms with Crippen LogP contribution in [0.1, 0.15) is 25.7 Å². The number of aromatic nitrogens is 2. The summed E-state index contributed by atoms with van der Waals surface area (Å²) in [5.41, 5.74) is 5.93. The van der Waals surface area contributed by atoms with Crippen LogP contribution >= 0.6 is 0 Å². The molecule has 0 aliphatic heterocycles.